The van der Waals surface area contributed by atoms with E-state index < -0.39 is 0 Å². The summed E-state index contributed by atoms with van der Waals surface area (Å²) in [5.74, 6) is 0. The molecule has 1 aromatic carbocycles. The Labute approximate surface area is 111 Å². The molecule has 1 fully saturated rings. The summed E-state index contributed by atoms with van der Waals surface area (Å²) in [5.41, 5.74) is 2.66. The SMILES string of the molecule is CCCc1ccc(NC2CC(C)OC(C)C2)cc1. The summed E-state index contributed by atoms with van der Waals surface area (Å²) in [6.45, 7) is 6.54. The molecule has 1 N–H and O–H groups in total. The van der Waals surface area contributed by atoms with Crippen LogP contribution in [0, 0.1) is 0 Å². The molecular weight excluding hydrogens is 222 g/mol. The van der Waals surface area contributed by atoms with Crippen LogP contribution in [0.1, 0.15) is 45.6 Å². The second-order valence-corrected chi connectivity index (χ2v) is 5.52. The summed E-state index contributed by atoms with van der Waals surface area (Å²) in [6.07, 6.45) is 5.31. The second kappa shape index (κ2) is 6.24. The fraction of sp³-hybridized carbons (Fsp3) is 0.625. The highest BCUT2D eigenvalue weighted by Crippen LogP contribution is 2.22. The summed E-state index contributed by atoms with van der Waals surface area (Å²) >= 11 is 0. The average molecular weight is 247 g/mol. The third kappa shape index (κ3) is 3.74. The average Bonchev–Trinajstić information content (AvgIpc) is 2.31. The van der Waals surface area contributed by atoms with Crippen LogP contribution in [0.3, 0.4) is 0 Å². The fourth-order valence-electron chi connectivity index (χ4n) is 2.82. The van der Waals surface area contributed by atoms with E-state index in [1.165, 1.54) is 24.1 Å². The lowest BCUT2D eigenvalue weighted by Gasteiger charge is -2.33. The summed E-state index contributed by atoms with van der Waals surface area (Å²) in [5, 5.41) is 3.63. The molecule has 0 aliphatic carbocycles. The molecule has 0 spiro atoms. The zero-order valence-corrected chi connectivity index (χ0v) is 11.8. The number of benzene rings is 1. The Kier molecular flexibility index (Phi) is 4.65. The fourth-order valence-corrected chi connectivity index (χ4v) is 2.82. The monoisotopic (exact) mass is 247 g/mol. The highest BCUT2D eigenvalue weighted by molar-refractivity contribution is 5.45. The number of hydrogen-bond acceptors (Lipinski definition) is 2. The van der Waals surface area contributed by atoms with Gasteiger partial charge in [0.05, 0.1) is 12.2 Å². The molecule has 2 heteroatoms. The van der Waals surface area contributed by atoms with Gasteiger partial charge in [0.15, 0.2) is 0 Å². The zero-order chi connectivity index (χ0) is 13.0. The first-order valence-electron chi connectivity index (χ1n) is 7.18. The highest BCUT2D eigenvalue weighted by Gasteiger charge is 2.23. The molecule has 1 saturated heterocycles. The number of rotatable bonds is 4. The number of aryl methyl sites for hydroxylation is 1. The van der Waals surface area contributed by atoms with Crippen molar-refractivity contribution in [2.75, 3.05) is 5.32 Å². The zero-order valence-electron chi connectivity index (χ0n) is 11.8. The van der Waals surface area contributed by atoms with Gasteiger partial charge in [0.1, 0.15) is 0 Å². The molecule has 0 radical (unpaired) electrons. The Morgan fingerprint density at radius 3 is 2.28 bits per heavy atom. The summed E-state index contributed by atoms with van der Waals surface area (Å²) in [4.78, 5) is 0. The van der Waals surface area contributed by atoms with Gasteiger partial charge in [0, 0.05) is 11.7 Å². The molecule has 2 nitrogen and oxygen atoms in total. The van der Waals surface area contributed by atoms with E-state index in [0.717, 1.165) is 12.8 Å². The molecule has 0 saturated carbocycles. The van der Waals surface area contributed by atoms with Crippen LogP contribution in [0.15, 0.2) is 24.3 Å². The van der Waals surface area contributed by atoms with Crippen LogP contribution in [0.4, 0.5) is 5.69 Å². The number of hydrogen-bond donors (Lipinski definition) is 1. The van der Waals surface area contributed by atoms with E-state index >= 15 is 0 Å². The van der Waals surface area contributed by atoms with E-state index in [1.807, 2.05) is 0 Å². The van der Waals surface area contributed by atoms with Crippen molar-refractivity contribution in [3.8, 4) is 0 Å². The third-order valence-electron chi connectivity index (χ3n) is 3.56. The van der Waals surface area contributed by atoms with E-state index in [-0.39, 0.29) is 0 Å². The van der Waals surface area contributed by atoms with Crippen LogP contribution < -0.4 is 5.32 Å². The van der Waals surface area contributed by atoms with Crippen molar-refractivity contribution in [2.24, 2.45) is 0 Å². The van der Waals surface area contributed by atoms with Gasteiger partial charge in [0.2, 0.25) is 0 Å². The quantitative estimate of drug-likeness (QED) is 0.868. The molecule has 1 aliphatic heterocycles. The molecule has 0 bridgehead atoms. The van der Waals surface area contributed by atoms with Crippen molar-refractivity contribution in [1.82, 2.24) is 0 Å². The van der Waals surface area contributed by atoms with Gasteiger partial charge < -0.3 is 10.1 Å². The predicted molar refractivity (Wildman–Crippen MR) is 77.1 cm³/mol. The summed E-state index contributed by atoms with van der Waals surface area (Å²) in [6, 6.07) is 9.42. The van der Waals surface area contributed by atoms with Gasteiger partial charge in [-0.3, -0.25) is 0 Å². The first-order chi connectivity index (χ1) is 8.67. The van der Waals surface area contributed by atoms with Crippen molar-refractivity contribution in [1.29, 1.82) is 0 Å². The van der Waals surface area contributed by atoms with Crippen molar-refractivity contribution in [2.45, 2.75) is 64.7 Å². The van der Waals surface area contributed by atoms with Crippen molar-refractivity contribution in [3.63, 3.8) is 0 Å². The Bertz CT molecular complexity index is 350. The highest BCUT2D eigenvalue weighted by atomic mass is 16.5. The minimum Gasteiger partial charge on any atom is -0.382 e. The van der Waals surface area contributed by atoms with Gasteiger partial charge in [-0.1, -0.05) is 25.5 Å². The lowest BCUT2D eigenvalue weighted by Crippen LogP contribution is -2.36. The first kappa shape index (κ1) is 13.4. The maximum atomic E-state index is 5.77. The minimum absolute atomic E-state index is 0.366. The molecule has 2 rings (SSSR count). The molecule has 1 aliphatic rings. The van der Waals surface area contributed by atoms with Gasteiger partial charge in [-0.25, -0.2) is 0 Å². The van der Waals surface area contributed by atoms with Crippen molar-refractivity contribution in [3.05, 3.63) is 29.8 Å². The van der Waals surface area contributed by atoms with E-state index in [4.69, 9.17) is 4.74 Å². The summed E-state index contributed by atoms with van der Waals surface area (Å²) < 4.78 is 5.77. The third-order valence-corrected chi connectivity index (χ3v) is 3.56. The van der Waals surface area contributed by atoms with E-state index in [0.29, 0.717) is 18.2 Å². The molecule has 1 aromatic rings. The molecule has 100 valence electrons. The van der Waals surface area contributed by atoms with Gasteiger partial charge >= 0.3 is 0 Å². The number of ether oxygens (including phenoxy) is 1. The Hall–Kier alpha value is -1.02. The lowest BCUT2D eigenvalue weighted by atomic mass is 9.99. The molecule has 2 unspecified atom stereocenters. The van der Waals surface area contributed by atoms with Crippen LogP contribution in [-0.4, -0.2) is 18.2 Å². The van der Waals surface area contributed by atoms with Gasteiger partial charge in [-0.15, -0.1) is 0 Å². The predicted octanol–water partition coefficient (Wildman–Crippen LogP) is 4.01. The normalized spacial score (nSPS) is 28.1. The van der Waals surface area contributed by atoms with Crippen molar-refractivity contribution < 1.29 is 4.74 Å². The van der Waals surface area contributed by atoms with Gasteiger partial charge in [0.25, 0.3) is 0 Å². The van der Waals surface area contributed by atoms with E-state index in [9.17, 15) is 0 Å². The van der Waals surface area contributed by atoms with Gasteiger partial charge in [-0.2, -0.15) is 0 Å². The maximum Gasteiger partial charge on any atom is 0.0570 e. The largest absolute Gasteiger partial charge is 0.382 e. The second-order valence-electron chi connectivity index (χ2n) is 5.52. The Morgan fingerprint density at radius 2 is 1.72 bits per heavy atom. The molecule has 2 atom stereocenters. The summed E-state index contributed by atoms with van der Waals surface area (Å²) in [7, 11) is 0. The maximum absolute atomic E-state index is 5.77. The lowest BCUT2D eigenvalue weighted by molar-refractivity contribution is -0.0337. The van der Waals surface area contributed by atoms with Crippen LogP contribution in [0.2, 0.25) is 0 Å². The Morgan fingerprint density at radius 1 is 1.11 bits per heavy atom. The molecule has 0 amide bonds. The van der Waals surface area contributed by atoms with Crippen LogP contribution in [0.25, 0.3) is 0 Å². The minimum atomic E-state index is 0.366. The van der Waals surface area contributed by atoms with E-state index in [1.54, 1.807) is 0 Å². The Balaban J connectivity index is 1.92. The molecule has 18 heavy (non-hydrogen) atoms. The standard InChI is InChI=1S/C16H25NO/c1-4-5-14-6-8-15(9-7-14)17-16-10-12(2)18-13(3)11-16/h6-9,12-13,16-17H,4-5,10-11H2,1-3H3. The molecular formula is C16H25NO. The molecule has 0 aromatic heterocycles. The van der Waals surface area contributed by atoms with Crippen LogP contribution >= 0.6 is 0 Å². The first-order valence-corrected chi connectivity index (χ1v) is 7.18. The van der Waals surface area contributed by atoms with Gasteiger partial charge in [-0.05, 0) is 50.8 Å². The van der Waals surface area contributed by atoms with Crippen LogP contribution in [-0.2, 0) is 11.2 Å². The van der Waals surface area contributed by atoms with E-state index in [2.05, 4.69) is 50.4 Å². The number of nitrogens with one attached hydrogen (secondary N) is 1. The van der Waals surface area contributed by atoms with Crippen LogP contribution in [0.5, 0.6) is 0 Å². The molecule has 1 heterocycles. The smallest absolute Gasteiger partial charge is 0.0570 e. The topological polar surface area (TPSA) is 21.3 Å². The number of anilines is 1. The van der Waals surface area contributed by atoms with Crippen molar-refractivity contribution >= 4 is 5.69 Å².